The summed E-state index contributed by atoms with van der Waals surface area (Å²) in [4.78, 5) is 11.8. The summed E-state index contributed by atoms with van der Waals surface area (Å²) in [5, 5.41) is 2.88. The number of amides is 1. The van der Waals surface area contributed by atoms with Gasteiger partial charge in [0.25, 0.3) is 0 Å². The maximum absolute atomic E-state index is 11.8. The lowest BCUT2D eigenvalue weighted by Crippen LogP contribution is -2.36. The van der Waals surface area contributed by atoms with E-state index in [1.807, 2.05) is 0 Å². The van der Waals surface area contributed by atoms with E-state index in [1.54, 1.807) is 0 Å². The number of nitrogens with one attached hydrogen (secondary N) is 1. The monoisotopic (exact) mass is 286 g/mol. The molecule has 3 atom stereocenters. The molecule has 2 aliphatic rings. The highest BCUT2D eigenvalue weighted by Crippen LogP contribution is 2.18. The molecule has 3 N–H and O–H groups in total. The molecule has 0 bridgehead atoms. The Labute approximate surface area is 120 Å². The highest BCUT2D eigenvalue weighted by Gasteiger charge is 2.29. The third-order valence-electron chi connectivity index (χ3n) is 3.76. The highest BCUT2D eigenvalue weighted by atomic mass is 16.5. The van der Waals surface area contributed by atoms with Gasteiger partial charge in [0.1, 0.15) is 6.10 Å². The van der Waals surface area contributed by atoms with E-state index in [0.717, 1.165) is 38.7 Å². The van der Waals surface area contributed by atoms with E-state index in [0.29, 0.717) is 26.3 Å². The summed E-state index contributed by atoms with van der Waals surface area (Å²) in [5.41, 5.74) is 5.52. The molecule has 0 spiro atoms. The van der Waals surface area contributed by atoms with Crippen LogP contribution in [0.4, 0.5) is 0 Å². The Morgan fingerprint density at radius 3 is 2.90 bits per heavy atom. The summed E-state index contributed by atoms with van der Waals surface area (Å²) in [7, 11) is 0. The quantitative estimate of drug-likeness (QED) is 0.623. The summed E-state index contributed by atoms with van der Waals surface area (Å²) in [6, 6.07) is 0. The molecular formula is C14H26N2O4. The lowest BCUT2D eigenvalue weighted by atomic mass is 10.2. The van der Waals surface area contributed by atoms with Gasteiger partial charge in [-0.25, -0.2) is 0 Å². The van der Waals surface area contributed by atoms with Crippen molar-refractivity contribution >= 4 is 5.91 Å². The number of carbonyl (C=O) groups is 1. The number of nitrogens with two attached hydrogens (primary N) is 1. The average Bonchev–Trinajstić information content (AvgIpc) is 3.13. The van der Waals surface area contributed by atoms with Gasteiger partial charge in [-0.15, -0.1) is 0 Å². The Bertz CT molecular complexity index is 295. The smallest absolute Gasteiger partial charge is 0.249 e. The van der Waals surface area contributed by atoms with Crippen LogP contribution < -0.4 is 11.1 Å². The molecule has 6 nitrogen and oxygen atoms in total. The van der Waals surface area contributed by atoms with E-state index < -0.39 is 0 Å². The minimum atomic E-state index is -0.323. The molecule has 116 valence electrons. The second kappa shape index (κ2) is 8.56. The molecule has 0 aromatic heterocycles. The Kier molecular flexibility index (Phi) is 6.72. The predicted molar refractivity (Wildman–Crippen MR) is 74.4 cm³/mol. The van der Waals surface area contributed by atoms with Gasteiger partial charge in [-0.05, 0) is 32.1 Å². The molecule has 0 aromatic rings. The van der Waals surface area contributed by atoms with Gasteiger partial charge in [0.2, 0.25) is 5.91 Å². The van der Waals surface area contributed by atoms with Crippen LogP contribution in [0.1, 0.15) is 32.1 Å². The Balaban J connectivity index is 1.45. The molecule has 2 saturated heterocycles. The molecule has 2 aliphatic heterocycles. The van der Waals surface area contributed by atoms with Crippen LogP contribution in [0.5, 0.6) is 0 Å². The van der Waals surface area contributed by atoms with Crippen LogP contribution in [0.25, 0.3) is 0 Å². The van der Waals surface area contributed by atoms with Gasteiger partial charge in [0, 0.05) is 26.3 Å². The second-order valence-electron chi connectivity index (χ2n) is 5.41. The van der Waals surface area contributed by atoms with E-state index >= 15 is 0 Å². The summed E-state index contributed by atoms with van der Waals surface area (Å²) < 4.78 is 16.5. The first-order valence-corrected chi connectivity index (χ1v) is 7.62. The largest absolute Gasteiger partial charge is 0.379 e. The van der Waals surface area contributed by atoms with Crippen LogP contribution in [-0.4, -0.2) is 57.1 Å². The van der Waals surface area contributed by atoms with Gasteiger partial charge >= 0.3 is 0 Å². The van der Waals surface area contributed by atoms with Gasteiger partial charge in [-0.2, -0.15) is 0 Å². The van der Waals surface area contributed by atoms with Crippen molar-refractivity contribution in [1.82, 2.24) is 5.32 Å². The molecule has 6 heteroatoms. The fourth-order valence-corrected chi connectivity index (χ4v) is 2.56. The molecule has 2 heterocycles. The van der Waals surface area contributed by atoms with E-state index in [4.69, 9.17) is 19.9 Å². The first-order valence-electron chi connectivity index (χ1n) is 7.62. The van der Waals surface area contributed by atoms with E-state index in [-0.39, 0.29) is 24.2 Å². The van der Waals surface area contributed by atoms with Crippen molar-refractivity contribution in [3.63, 3.8) is 0 Å². The molecule has 0 radical (unpaired) electrons. The van der Waals surface area contributed by atoms with Crippen molar-refractivity contribution in [2.24, 2.45) is 5.73 Å². The fraction of sp³-hybridized carbons (Fsp3) is 0.929. The number of hydrogen-bond donors (Lipinski definition) is 2. The van der Waals surface area contributed by atoms with Crippen LogP contribution in [-0.2, 0) is 19.0 Å². The summed E-state index contributed by atoms with van der Waals surface area (Å²) in [5.74, 6) is -0.0277. The number of carbonyl (C=O) groups excluding carboxylic acids is 1. The van der Waals surface area contributed by atoms with Gasteiger partial charge in [0.15, 0.2) is 0 Å². The minimum Gasteiger partial charge on any atom is -0.379 e. The minimum absolute atomic E-state index is 0.0277. The second-order valence-corrected chi connectivity index (χ2v) is 5.41. The van der Waals surface area contributed by atoms with Crippen LogP contribution in [0.2, 0.25) is 0 Å². The average molecular weight is 286 g/mol. The molecule has 1 amide bonds. The molecular weight excluding hydrogens is 260 g/mol. The highest BCUT2D eigenvalue weighted by molar-refractivity contribution is 5.80. The zero-order valence-corrected chi connectivity index (χ0v) is 12.0. The molecule has 0 aromatic carbocycles. The number of hydrogen-bond acceptors (Lipinski definition) is 5. The molecule has 1 unspecified atom stereocenters. The van der Waals surface area contributed by atoms with Crippen LogP contribution in [0.3, 0.4) is 0 Å². The van der Waals surface area contributed by atoms with E-state index in [2.05, 4.69) is 5.32 Å². The summed E-state index contributed by atoms with van der Waals surface area (Å²) >= 11 is 0. The maximum atomic E-state index is 11.8. The Morgan fingerprint density at radius 1 is 1.30 bits per heavy atom. The van der Waals surface area contributed by atoms with Crippen molar-refractivity contribution in [2.75, 3.05) is 32.9 Å². The number of ether oxygens (including phenoxy) is 3. The summed E-state index contributed by atoms with van der Waals surface area (Å²) in [6.07, 6.45) is 4.67. The van der Waals surface area contributed by atoms with Crippen LogP contribution >= 0.6 is 0 Å². The Hall–Kier alpha value is -0.690. The lowest BCUT2D eigenvalue weighted by Gasteiger charge is -2.13. The first-order chi connectivity index (χ1) is 9.79. The molecule has 20 heavy (non-hydrogen) atoms. The van der Waals surface area contributed by atoms with Gasteiger partial charge in [0.05, 0.1) is 18.8 Å². The normalized spacial score (nSPS) is 29.8. The van der Waals surface area contributed by atoms with E-state index in [1.165, 1.54) is 0 Å². The van der Waals surface area contributed by atoms with Crippen LogP contribution in [0.15, 0.2) is 0 Å². The predicted octanol–water partition coefficient (Wildman–Crippen LogP) is 0.195. The van der Waals surface area contributed by atoms with E-state index in [9.17, 15) is 4.79 Å². The van der Waals surface area contributed by atoms with Crippen molar-refractivity contribution in [3.8, 4) is 0 Å². The summed E-state index contributed by atoms with van der Waals surface area (Å²) in [6.45, 7) is 3.28. The third-order valence-corrected chi connectivity index (χ3v) is 3.76. The van der Waals surface area contributed by atoms with Crippen molar-refractivity contribution in [1.29, 1.82) is 0 Å². The van der Waals surface area contributed by atoms with Gasteiger partial charge in [-0.3, -0.25) is 4.79 Å². The standard InChI is InChI=1S/C14H26N2O4/c15-9-11-4-5-13(20-11)14(17)16-6-2-7-18-10-12-3-1-8-19-12/h11-13H,1-10,15H2,(H,16,17)/t11-,12?,13+/m1/s1. The van der Waals surface area contributed by atoms with Crippen molar-refractivity contribution in [2.45, 2.75) is 50.4 Å². The molecule has 2 fully saturated rings. The van der Waals surface area contributed by atoms with Crippen LogP contribution in [0, 0.1) is 0 Å². The van der Waals surface area contributed by atoms with Gasteiger partial charge in [-0.1, -0.05) is 0 Å². The molecule has 0 aliphatic carbocycles. The fourth-order valence-electron chi connectivity index (χ4n) is 2.56. The zero-order valence-electron chi connectivity index (χ0n) is 12.0. The first kappa shape index (κ1) is 15.7. The zero-order chi connectivity index (χ0) is 14.2. The SMILES string of the molecule is NC[C@H]1CC[C@@H](C(=O)NCCCOCC2CCCO2)O1. The molecule has 0 saturated carbocycles. The van der Waals surface area contributed by atoms with Gasteiger partial charge < -0.3 is 25.3 Å². The topological polar surface area (TPSA) is 82.8 Å². The number of rotatable bonds is 8. The molecule has 2 rings (SSSR count). The lowest BCUT2D eigenvalue weighted by molar-refractivity contribution is -0.131. The maximum Gasteiger partial charge on any atom is 0.249 e. The Morgan fingerprint density at radius 2 is 2.20 bits per heavy atom. The third kappa shape index (κ3) is 5.01. The van der Waals surface area contributed by atoms with Crippen molar-refractivity contribution < 1.29 is 19.0 Å². The van der Waals surface area contributed by atoms with Crippen molar-refractivity contribution in [3.05, 3.63) is 0 Å².